The molecule has 31 heavy (non-hydrogen) atoms. The first kappa shape index (κ1) is 22.2. The van der Waals surface area contributed by atoms with Gasteiger partial charge >= 0.3 is 5.97 Å². The summed E-state index contributed by atoms with van der Waals surface area (Å²) in [5, 5.41) is 14.2. The van der Waals surface area contributed by atoms with Gasteiger partial charge in [0.05, 0.1) is 18.2 Å². The number of hydrogen-bond acceptors (Lipinski definition) is 7. The van der Waals surface area contributed by atoms with Crippen LogP contribution in [0.2, 0.25) is 5.02 Å². The van der Waals surface area contributed by atoms with Gasteiger partial charge in [-0.3, -0.25) is 4.79 Å². The molecule has 9 heteroatoms. The van der Waals surface area contributed by atoms with Crippen LogP contribution >= 0.6 is 22.9 Å². The molecule has 0 aliphatic rings. The zero-order chi connectivity index (χ0) is 22.2. The van der Waals surface area contributed by atoms with Gasteiger partial charge in [-0.25, -0.2) is 4.79 Å². The van der Waals surface area contributed by atoms with Crippen LogP contribution in [0.5, 0.6) is 11.5 Å². The minimum absolute atomic E-state index is 0.206. The van der Waals surface area contributed by atoms with Crippen LogP contribution in [0.25, 0.3) is 0 Å². The summed E-state index contributed by atoms with van der Waals surface area (Å²) in [6.45, 7) is -0.191. The van der Waals surface area contributed by atoms with Crippen LogP contribution in [0.4, 0.5) is 5.00 Å². The first-order valence-corrected chi connectivity index (χ1v) is 10.3. The summed E-state index contributed by atoms with van der Waals surface area (Å²) in [5.74, 6) is -0.426. The highest BCUT2D eigenvalue weighted by Gasteiger charge is 2.15. The zero-order valence-corrected chi connectivity index (χ0v) is 18.0. The fraction of sp³-hybridized carbons (Fsp3) is 0.136. The first-order chi connectivity index (χ1) is 15.0. The SMILES string of the molecule is COc1cc(C(=O)OCC(=O)Nc2sccc2C#N)ccc1OCc1ccc(Cl)cc1. The van der Waals surface area contributed by atoms with E-state index in [1.54, 1.807) is 29.6 Å². The molecule has 0 aliphatic heterocycles. The molecule has 0 bridgehead atoms. The van der Waals surface area contributed by atoms with Gasteiger partial charge in [-0.05, 0) is 47.3 Å². The van der Waals surface area contributed by atoms with Crippen LogP contribution in [0, 0.1) is 11.3 Å². The summed E-state index contributed by atoms with van der Waals surface area (Å²) in [4.78, 5) is 24.3. The Morgan fingerprint density at radius 3 is 2.61 bits per heavy atom. The lowest BCUT2D eigenvalue weighted by molar-refractivity contribution is -0.119. The number of nitriles is 1. The number of carbonyl (C=O) groups is 2. The van der Waals surface area contributed by atoms with E-state index in [2.05, 4.69) is 5.32 Å². The Bertz CT molecular complexity index is 1120. The lowest BCUT2D eigenvalue weighted by atomic mass is 10.2. The van der Waals surface area contributed by atoms with Crippen LogP contribution < -0.4 is 14.8 Å². The van der Waals surface area contributed by atoms with Crippen LogP contribution in [-0.2, 0) is 16.1 Å². The van der Waals surface area contributed by atoms with Crippen molar-refractivity contribution < 1.29 is 23.8 Å². The van der Waals surface area contributed by atoms with Crippen molar-refractivity contribution in [3.63, 3.8) is 0 Å². The largest absolute Gasteiger partial charge is 0.493 e. The van der Waals surface area contributed by atoms with Gasteiger partial charge < -0.3 is 19.5 Å². The third kappa shape index (κ3) is 5.98. The Morgan fingerprint density at radius 2 is 1.90 bits per heavy atom. The maximum Gasteiger partial charge on any atom is 0.338 e. The van der Waals surface area contributed by atoms with E-state index in [-0.39, 0.29) is 5.56 Å². The molecule has 0 radical (unpaired) electrons. The molecule has 3 aromatic rings. The topological polar surface area (TPSA) is 97.6 Å². The number of methoxy groups -OCH3 is 1. The normalized spacial score (nSPS) is 10.1. The number of amides is 1. The molecule has 1 N–H and O–H groups in total. The number of benzene rings is 2. The smallest absolute Gasteiger partial charge is 0.338 e. The number of nitrogens with zero attached hydrogens (tertiary/aromatic N) is 1. The van der Waals surface area contributed by atoms with Crippen molar-refractivity contribution in [3.05, 3.63) is 75.6 Å². The summed E-state index contributed by atoms with van der Waals surface area (Å²) in [6.07, 6.45) is 0. The van der Waals surface area contributed by atoms with Crippen molar-refractivity contribution in [3.8, 4) is 17.6 Å². The van der Waals surface area contributed by atoms with Crippen molar-refractivity contribution in [2.75, 3.05) is 19.0 Å². The minimum Gasteiger partial charge on any atom is -0.493 e. The summed E-state index contributed by atoms with van der Waals surface area (Å²) < 4.78 is 16.1. The number of esters is 1. The Hall–Kier alpha value is -3.54. The fourth-order valence-electron chi connectivity index (χ4n) is 2.53. The number of nitrogens with one attached hydrogen (secondary N) is 1. The summed E-state index contributed by atoms with van der Waals surface area (Å²) in [7, 11) is 1.46. The quantitative estimate of drug-likeness (QED) is 0.495. The molecule has 1 aromatic heterocycles. The highest BCUT2D eigenvalue weighted by Crippen LogP contribution is 2.29. The molecule has 0 spiro atoms. The molecule has 0 unspecified atom stereocenters. The summed E-state index contributed by atoms with van der Waals surface area (Å²) in [5.41, 5.74) is 1.48. The third-order valence-corrected chi connectivity index (χ3v) is 5.16. The lowest BCUT2D eigenvalue weighted by Crippen LogP contribution is -2.20. The molecule has 0 aliphatic carbocycles. The van der Waals surface area contributed by atoms with E-state index in [1.165, 1.54) is 30.6 Å². The van der Waals surface area contributed by atoms with Crippen molar-refractivity contribution in [1.29, 1.82) is 5.26 Å². The zero-order valence-electron chi connectivity index (χ0n) is 16.4. The molecule has 0 saturated carbocycles. The molecule has 2 aromatic carbocycles. The molecule has 1 heterocycles. The number of anilines is 1. The number of rotatable bonds is 8. The lowest BCUT2D eigenvalue weighted by Gasteiger charge is -2.12. The van der Waals surface area contributed by atoms with Crippen molar-refractivity contribution in [2.45, 2.75) is 6.61 Å². The van der Waals surface area contributed by atoms with Gasteiger partial charge in [0, 0.05) is 5.02 Å². The van der Waals surface area contributed by atoms with Gasteiger partial charge in [-0.2, -0.15) is 5.26 Å². The number of thiophene rings is 1. The van der Waals surface area contributed by atoms with Gasteiger partial charge in [0.25, 0.3) is 5.91 Å². The van der Waals surface area contributed by atoms with Gasteiger partial charge in [-0.1, -0.05) is 23.7 Å². The van der Waals surface area contributed by atoms with E-state index in [1.807, 2.05) is 18.2 Å². The Kier molecular flexibility index (Phi) is 7.49. The molecule has 158 valence electrons. The van der Waals surface area contributed by atoms with Gasteiger partial charge in [0.15, 0.2) is 18.1 Å². The number of ether oxygens (including phenoxy) is 3. The van der Waals surface area contributed by atoms with E-state index in [9.17, 15) is 9.59 Å². The molecule has 3 rings (SSSR count). The Labute approximate surface area is 187 Å². The Balaban J connectivity index is 1.57. The number of halogens is 1. The maximum absolute atomic E-state index is 12.3. The fourth-order valence-corrected chi connectivity index (χ4v) is 3.41. The Morgan fingerprint density at radius 1 is 1.13 bits per heavy atom. The monoisotopic (exact) mass is 456 g/mol. The van der Waals surface area contributed by atoms with Gasteiger partial charge in [-0.15, -0.1) is 11.3 Å². The highest BCUT2D eigenvalue weighted by molar-refractivity contribution is 7.14. The average molecular weight is 457 g/mol. The van der Waals surface area contributed by atoms with Gasteiger partial charge in [0.1, 0.15) is 17.7 Å². The summed E-state index contributed by atoms with van der Waals surface area (Å²) in [6, 6.07) is 15.4. The molecule has 1 amide bonds. The second kappa shape index (κ2) is 10.5. The van der Waals surface area contributed by atoms with Crippen LogP contribution in [0.3, 0.4) is 0 Å². The molecule has 0 atom stereocenters. The van der Waals surface area contributed by atoms with E-state index < -0.39 is 18.5 Å². The minimum atomic E-state index is -0.690. The predicted molar refractivity (Wildman–Crippen MR) is 117 cm³/mol. The van der Waals surface area contributed by atoms with E-state index in [0.717, 1.165) is 5.56 Å². The van der Waals surface area contributed by atoms with Crippen LogP contribution in [-0.4, -0.2) is 25.6 Å². The second-order valence-electron chi connectivity index (χ2n) is 6.18. The third-order valence-electron chi connectivity index (χ3n) is 4.08. The molecule has 0 fully saturated rings. The van der Waals surface area contributed by atoms with Crippen molar-refractivity contribution in [2.24, 2.45) is 0 Å². The molecule has 7 nitrogen and oxygen atoms in total. The van der Waals surface area contributed by atoms with Crippen LogP contribution in [0.1, 0.15) is 21.5 Å². The van der Waals surface area contributed by atoms with Crippen LogP contribution in [0.15, 0.2) is 53.9 Å². The van der Waals surface area contributed by atoms with E-state index >= 15 is 0 Å². The second-order valence-corrected chi connectivity index (χ2v) is 7.53. The van der Waals surface area contributed by atoms with Gasteiger partial charge in [0.2, 0.25) is 0 Å². The van der Waals surface area contributed by atoms with Crippen molar-refractivity contribution in [1.82, 2.24) is 0 Å². The number of carbonyl (C=O) groups excluding carboxylic acids is 2. The van der Waals surface area contributed by atoms with E-state index in [4.69, 9.17) is 31.1 Å². The molecular weight excluding hydrogens is 440 g/mol. The molecule has 0 saturated heterocycles. The highest BCUT2D eigenvalue weighted by atomic mass is 35.5. The molecular formula is C22H17ClN2O5S. The average Bonchev–Trinajstić information content (AvgIpc) is 3.24. The maximum atomic E-state index is 12.3. The standard InChI is InChI=1S/C22H17ClN2O5S/c1-28-19-10-15(4-7-18(19)29-12-14-2-5-17(23)6-3-14)22(27)30-13-20(26)25-21-16(11-24)8-9-31-21/h2-10H,12-13H2,1H3,(H,25,26). The first-order valence-electron chi connectivity index (χ1n) is 9.00. The number of hydrogen-bond donors (Lipinski definition) is 1. The van der Waals surface area contributed by atoms with Crippen molar-refractivity contribution >= 4 is 39.8 Å². The van der Waals surface area contributed by atoms with E-state index in [0.29, 0.717) is 33.7 Å². The summed E-state index contributed by atoms with van der Waals surface area (Å²) >= 11 is 7.09. The predicted octanol–water partition coefficient (Wildman–Crippen LogP) is 4.66.